The Kier molecular flexibility index (Phi) is 4.63. The lowest BCUT2D eigenvalue weighted by atomic mass is 9.53. The van der Waals surface area contributed by atoms with Crippen molar-refractivity contribution in [2.75, 3.05) is 0 Å². The van der Waals surface area contributed by atoms with Gasteiger partial charge in [0, 0.05) is 23.9 Å². The molecular weight excluding hydrogens is 395 g/mol. The van der Waals surface area contributed by atoms with E-state index in [1.165, 1.54) is 31.4 Å². The smallest absolute Gasteiger partial charge is 0.416 e. The first-order chi connectivity index (χ1) is 14.3. The summed E-state index contributed by atoms with van der Waals surface area (Å²) in [6.45, 7) is 0. The van der Waals surface area contributed by atoms with Crippen molar-refractivity contribution in [3.05, 3.63) is 35.7 Å². The van der Waals surface area contributed by atoms with Crippen LogP contribution in [0.2, 0.25) is 0 Å². The highest BCUT2D eigenvalue weighted by Crippen LogP contribution is 2.55. The second-order valence-corrected chi connectivity index (χ2v) is 9.33. The molecule has 1 aromatic carbocycles. The molecule has 0 aliphatic heterocycles. The Hall–Kier alpha value is -2.38. The molecule has 4 fully saturated rings. The second kappa shape index (κ2) is 7.10. The van der Waals surface area contributed by atoms with Gasteiger partial charge in [0.05, 0.1) is 5.56 Å². The number of alkyl halides is 3. The van der Waals surface area contributed by atoms with Gasteiger partial charge in [-0.15, -0.1) is 10.2 Å². The summed E-state index contributed by atoms with van der Waals surface area (Å²) in [6.07, 6.45) is 3.27. The van der Waals surface area contributed by atoms with E-state index in [1.807, 2.05) is 0 Å². The molecule has 4 aliphatic carbocycles. The van der Waals surface area contributed by atoms with E-state index in [4.69, 9.17) is 4.42 Å². The van der Waals surface area contributed by atoms with Crippen LogP contribution in [-0.4, -0.2) is 21.6 Å². The van der Waals surface area contributed by atoms with Gasteiger partial charge in [0.15, 0.2) is 0 Å². The summed E-state index contributed by atoms with van der Waals surface area (Å²) < 4.78 is 44.2. The SMILES string of the molecule is O=C(CCc1nnc(-c2cccc(C(F)(F)F)c2)o1)NC12CC3CC(CC(C3)C1)C2. The second-order valence-electron chi connectivity index (χ2n) is 9.33. The van der Waals surface area contributed by atoms with Crippen molar-refractivity contribution >= 4 is 5.91 Å². The van der Waals surface area contributed by atoms with Gasteiger partial charge in [-0.1, -0.05) is 6.07 Å². The third kappa shape index (κ3) is 3.84. The maximum absolute atomic E-state index is 12.9. The van der Waals surface area contributed by atoms with E-state index < -0.39 is 11.7 Å². The normalized spacial score (nSPS) is 29.9. The number of hydrogen-bond acceptors (Lipinski definition) is 4. The average molecular weight is 419 g/mol. The van der Waals surface area contributed by atoms with E-state index in [0.717, 1.165) is 49.1 Å². The van der Waals surface area contributed by atoms with Crippen LogP contribution in [0.4, 0.5) is 13.2 Å². The van der Waals surface area contributed by atoms with Crippen LogP contribution < -0.4 is 5.32 Å². The van der Waals surface area contributed by atoms with E-state index in [0.29, 0.717) is 0 Å². The highest BCUT2D eigenvalue weighted by molar-refractivity contribution is 5.77. The van der Waals surface area contributed by atoms with Crippen LogP contribution in [0.1, 0.15) is 56.4 Å². The van der Waals surface area contributed by atoms with Gasteiger partial charge < -0.3 is 9.73 Å². The molecular formula is C22H24F3N3O2. The molecule has 1 aromatic heterocycles. The molecule has 1 amide bonds. The summed E-state index contributed by atoms with van der Waals surface area (Å²) in [5.74, 6) is 2.52. The van der Waals surface area contributed by atoms with Crippen LogP contribution in [0.25, 0.3) is 11.5 Å². The number of amides is 1. The summed E-state index contributed by atoms with van der Waals surface area (Å²) in [5.41, 5.74) is -0.597. The Morgan fingerprint density at radius 3 is 2.40 bits per heavy atom. The van der Waals surface area contributed by atoms with Crippen LogP contribution in [0.3, 0.4) is 0 Å². The van der Waals surface area contributed by atoms with Gasteiger partial charge in [0.25, 0.3) is 0 Å². The Morgan fingerprint density at radius 1 is 1.10 bits per heavy atom. The Labute approximate surface area is 172 Å². The lowest BCUT2D eigenvalue weighted by Gasteiger charge is -2.56. The van der Waals surface area contributed by atoms with E-state index >= 15 is 0 Å². The van der Waals surface area contributed by atoms with E-state index in [2.05, 4.69) is 15.5 Å². The number of nitrogens with one attached hydrogen (secondary N) is 1. The number of aryl methyl sites for hydroxylation is 1. The van der Waals surface area contributed by atoms with Crippen LogP contribution in [0.5, 0.6) is 0 Å². The predicted molar refractivity (Wildman–Crippen MR) is 102 cm³/mol. The summed E-state index contributed by atoms with van der Waals surface area (Å²) in [6, 6.07) is 4.78. The maximum Gasteiger partial charge on any atom is 0.416 e. The first kappa shape index (κ1) is 19.6. The number of halogens is 3. The summed E-state index contributed by atoms with van der Waals surface area (Å²) in [5, 5.41) is 11.1. The number of carbonyl (C=O) groups is 1. The molecule has 160 valence electrons. The lowest BCUT2D eigenvalue weighted by Crippen LogP contribution is -2.59. The van der Waals surface area contributed by atoms with Crippen LogP contribution >= 0.6 is 0 Å². The standard InChI is InChI=1S/C22H24F3N3O2/c23-22(24,25)17-3-1-2-16(9-17)20-28-27-19(30-20)5-4-18(29)26-21-10-13-6-14(11-21)8-15(7-13)12-21/h1-3,9,13-15H,4-8,10-12H2,(H,26,29). The summed E-state index contributed by atoms with van der Waals surface area (Å²) in [4.78, 5) is 12.6. The van der Waals surface area contributed by atoms with Gasteiger partial charge >= 0.3 is 6.18 Å². The Morgan fingerprint density at radius 2 is 1.77 bits per heavy atom. The summed E-state index contributed by atoms with van der Waals surface area (Å²) >= 11 is 0. The molecule has 0 unspecified atom stereocenters. The zero-order valence-corrected chi connectivity index (χ0v) is 16.5. The van der Waals surface area contributed by atoms with Crippen molar-refractivity contribution < 1.29 is 22.4 Å². The number of rotatable bonds is 5. The van der Waals surface area contributed by atoms with Gasteiger partial charge in [-0.05, 0) is 74.5 Å². The van der Waals surface area contributed by atoms with Crippen molar-refractivity contribution in [3.8, 4) is 11.5 Å². The fourth-order valence-electron chi connectivity index (χ4n) is 6.14. The Balaban J connectivity index is 1.20. The van der Waals surface area contributed by atoms with Crippen LogP contribution in [0.15, 0.2) is 28.7 Å². The highest BCUT2D eigenvalue weighted by atomic mass is 19.4. The van der Waals surface area contributed by atoms with Gasteiger partial charge in [0.1, 0.15) is 0 Å². The molecule has 0 spiro atoms. The van der Waals surface area contributed by atoms with E-state index in [-0.39, 0.29) is 41.6 Å². The highest BCUT2D eigenvalue weighted by Gasteiger charge is 2.51. The minimum absolute atomic E-state index is 0.0178. The lowest BCUT2D eigenvalue weighted by molar-refractivity contribution is -0.137. The average Bonchev–Trinajstić information content (AvgIpc) is 3.13. The zero-order chi connectivity index (χ0) is 20.9. The number of nitrogens with zero attached hydrogens (tertiary/aromatic N) is 2. The van der Waals surface area contributed by atoms with E-state index in [9.17, 15) is 18.0 Å². The molecule has 0 saturated heterocycles. The molecule has 1 N–H and O–H groups in total. The molecule has 4 aliphatic rings. The van der Waals surface area contributed by atoms with Crippen LogP contribution in [-0.2, 0) is 17.4 Å². The molecule has 8 heteroatoms. The number of aromatic nitrogens is 2. The van der Waals surface area contributed by atoms with Crippen molar-refractivity contribution in [2.24, 2.45) is 17.8 Å². The number of hydrogen-bond donors (Lipinski definition) is 1. The number of carbonyl (C=O) groups excluding carboxylic acids is 1. The quantitative estimate of drug-likeness (QED) is 0.758. The predicted octanol–water partition coefficient (Wildman–Crippen LogP) is 4.77. The van der Waals surface area contributed by atoms with Crippen molar-refractivity contribution in [2.45, 2.75) is 63.1 Å². The third-order valence-corrected chi connectivity index (χ3v) is 6.91. The molecule has 2 aromatic rings. The van der Waals surface area contributed by atoms with Gasteiger partial charge in [-0.25, -0.2) is 0 Å². The van der Waals surface area contributed by atoms with Gasteiger partial charge in [-0.2, -0.15) is 13.2 Å². The van der Waals surface area contributed by atoms with Crippen molar-refractivity contribution in [3.63, 3.8) is 0 Å². The molecule has 4 bridgehead atoms. The molecule has 5 nitrogen and oxygen atoms in total. The molecule has 0 atom stereocenters. The minimum Gasteiger partial charge on any atom is -0.421 e. The zero-order valence-electron chi connectivity index (χ0n) is 16.5. The van der Waals surface area contributed by atoms with Crippen molar-refractivity contribution in [1.82, 2.24) is 15.5 Å². The molecule has 4 saturated carbocycles. The molecule has 1 heterocycles. The topological polar surface area (TPSA) is 68.0 Å². The number of benzene rings is 1. The molecule has 6 rings (SSSR count). The molecule has 0 radical (unpaired) electrons. The summed E-state index contributed by atoms with van der Waals surface area (Å²) in [7, 11) is 0. The first-order valence-electron chi connectivity index (χ1n) is 10.6. The largest absolute Gasteiger partial charge is 0.421 e. The van der Waals surface area contributed by atoms with Crippen LogP contribution in [0, 0.1) is 17.8 Å². The fraction of sp³-hybridized carbons (Fsp3) is 0.591. The van der Waals surface area contributed by atoms with Gasteiger partial charge in [-0.3, -0.25) is 4.79 Å². The monoisotopic (exact) mass is 419 g/mol. The third-order valence-electron chi connectivity index (χ3n) is 6.91. The minimum atomic E-state index is -4.44. The van der Waals surface area contributed by atoms with Crippen molar-refractivity contribution in [1.29, 1.82) is 0 Å². The van der Waals surface area contributed by atoms with E-state index in [1.54, 1.807) is 0 Å². The van der Waals surface area contributed by atoms with Gasteiger partial charge in [0.2, 0.25) is 17.7 Å². The first-order valence-corrected chi connectivity index (χ1v) is 10.6. The fourth-order valence-corrected chi connectivity index (χ4v) is 6.14. The Bertz CT molecular complexity index is 918. The maximum atomic E-state index is 12.9. The molecule has 30 heavy (non-hydrogen) atoms.